The van der Waals surface area contributed by atoms with Gasteiger partial charge in [-0.3, -0.25) is 4.79 Å². The summed E-state index contributed by atoms with van der Waals surface area (Å²) in [5, 5.41) is 11.8. The Bertz CT molecular complexity index is 555. The van der Waals surface area contributed by atoms with Crippen LogP contribution < -0.4 is 10.1 Å². The van der Waals surface area contributed by atoms with E-state index in [1.54, 1.807) is 0 Å². The van der Waals surface area contributed by atoms with Crippen LogP contribution in [0, 0.1) is 0 Å². The highest BCUT2D eigenvalue weighted by atomic mass is 16.5. The van der Waals surface area contributed by atoms with E-state index in [-0.39, 0.29) is 6.42 Å². The number of hydrogen-bond donors (Lipinski definition) is 2. The lowest BCUT2D eigenvalue weighted by molar-refractivity contribution is -0.137. The summed E-state index contributed by atoms with van der Waals surface area (Å²) in [5.41, 5.74) is 0.863. The van der Waals surface area contributed by atoms with E-state index in [2.05, 4.69) is 5.32 Å². The van der Waals surface area contributed by atoms with Crippen molar-refractivity contribution in [3.05, 3.63) is 54.6 Å². The minimum absolute atomic E-state index is 0.161. The molecule has 20 heavy (non-hydrogen) atoms. The Kier molecular flexibility index (Phi) is 5.00. The normalized spacial score (nSPS) is 10.0. The first-order valence-electron chi connectivity index (χ1n) is 6.53. The van der Waals surface area contributed by atoms with Crippen LogP contribution in [0.15, 0.2) is 54.6 Å². The van der Waals surface area contributed by atoms with Gasteiger partial charge >= 0.3 is 5.97 Å². The van der Waals surface area contributed by atoms with Crippen molar-refractivity contribution in [1.29, 1.82) is 0 Å². The summed E-state index contributed by atoms with van der Waals surface area (Å²) in [6, 6.07) is 17.2. The van der Waals surface area contributed by atoms with Gasteiger partial charge in [0, 0.05) is 13.0 Å². The zero-order valence-corrected chi connectivity index (χ0v) is 11.1. The van der Waals surface area contributed by atoms with Crippen molar-refractivity contribution < 1.29 is 14.6 Å². The minimum atomic E-state index is -0.777. The maximum atomic E-state index is 10.5. The molecule has 0 unspecified atom stereocenters. The third-order valence-corrected chi connectivity index (χ3v) is 2.74. The monoisotopic (exact) mass is 271 g/mol. The van der Waals surface area contributed by atoms with Gasteiger partial charge in [0.15, 0.2) is 5.75 Å². The number of rotatable bonds is 7. The highest BCUT2D eigenvalue weighted by Gasteiger charge is 2.04. The second kappa shape index (κ2) is 7.19. The molecule has 0 aliphatic rings. The Morgan fingerprint density at radius 3 is 2.50 bits per heavy atom. The number of para-hydroxylation sites is 3. The number of carboxylic acid groups (broad SMARTS) is 1. The number of anilines is 1. The van der Waals surface area contributed by atoms with E-state index < -0.39 is 5.97 Å². The summed E-state index contributed by atoms with van der Waals surface area (Å²) >= 11 is 0. The smallest absolute Gasteiger partial charge is 0.303 e. The molecule has 0 aliphatic carbocycles. The third kappa shape index (κ3) is 4.31. The summed E-state index contributed by atoms with van der Waals surface area (Å²) < 4.78 is 5.81. The lowest BCUT2D eigenvalue weighted by Gasteiger charge is -2.12. The topological polar surface area (TPSA) is 58.6 Å². The molecular formula is C16H17NO3. The first kappa shape index (κ1) is 13.9. The zero-order valence-electron chi connectivity index (χ0n) is 11.1. The molecule has 4 heteroatoms. The highest BCUT2D eigenvalue weighted by molar-refractivity contribution is 5.66. The molecule has 0 heterocycles. The quantitative estimate of drug-likeness (QED) is 0.753. The molecule has 0 saturated carbocycles. The molecule has 2 aromatic carbocycles. The van der Waals surface area contributed by atoms with E-state index >= 15 is 0 Å². The van der Waals surface area contributed by atoms with Crippen LogP contribution in [0.4, 0.5) is 5.69 Å². The summed E-state index contributed by atoms with van der Waals surface area (Å²) in [6.45, 7) is 0.599. The predicted molar refractivity (Wildman–Crippen MR) is 78.3 cm³/mol. The van der Waals surface area contributed by atoms with Gasteiger partial charge in [0.1, 0.15) is 5.75 Å². The second-order valence-corrected chi connectivity index (χ2v) is 4.34. The number of nitrogens with one attached hydrogen (secondary N) is 1. The van der Waals surface area contributed by atoms with Crippen molar-refractivity contribution in [2.24, 2.45) is 0 Å². The Hall–Kier alpha value is -2.49. The number of aliphatic carboxylic acids is 1. The molecule has 0 aromatic heterocycles. The molecule has 0 radical (unpaired) electrons. The van der Waals surface area contributed by atoms with Gasteiger partial charge in [-0.05, 0) is 30.7 Å². The van der Waals surface area contributed by atoms with Crippen LogP contribution in [-0.2, 0) is 4.79 Å². The maximum absolute atomic E-state index is 10.5. The van der Waals surface area contributed by atoms with Gasteiger partial charge in [0.05, 0.1) is 5.69 Å². The molecule has 0 atom stereocenters. The fraction of sp³-hybridized carbons (Fsp3) is 0.188. The second-order valence-electron chi connectivity index (χ2n) is 4.34. The van der Waals surface area contributed by atoms with Crippen molar-refractivity contribution in [2.75, 3.05) is 11.9 Å². The third-order valence-electron chi connectivity index (χ3n) is 2.74. The zero-order chi connectivity index (χ0) is 14.2. The van der Waals surface area contributed by atoms with Crippen molar-refractivity contribution in [3.8, 4) is 11.5 Å². The first-order valence-corrected chi connectivity index (χ1v) is 6.53. The minimum Gasteiger partial charge on any atom is -0.481 e. The number of ether oxygens (including phenoxy) is 1. The summed E-state index contributed by atoms with van der Waals surface area (Å²) in [6.07, 6.45) is 0.740. The maximum Gasteiger partial charge on any atom is 0.303 e. The average molecular weight is 271 g/mol. The van der Waals surface area contributed by atoms with E-state index in [4.69, 9.17) is 9.84 Å². The summed E-state index contributed by atoms with van der Waals surface area (Å²) in [7, 11) is 0. The predicted octanol–water partition coefficient (Wildman–Crippen LogP) is 3.76. The molecule has 0 spiro atoms. The Morgan fingerprint density at radius 1 is 1.05 bits per heavy atom. The number of carbonyl (C=O) groups is 1. The van der Waals surface area contributed by atoms with Crippen LogP contribution in [0.25, 0.3) is 0 Å². The van der Waals surface area contributed by atoms with E-state index in [1.807, 2.05) is 54.6 Å². The molecule has 0 saturated heterocycles. The van der Waals surface area contributed by atoms with Crippen LogP contribution in [0.2, 0.25) is 0 Å². The number of carboxylic acids is 1. The molecular weight excluding hydrogens is 254 g/mol. The van der Waals surface area contributed by atoms with Crippen LogP contribution in [0.3, 0.4) is 0 Å². The van der Waals surface area contributed by atoms with E-state index in [0.717, 1.165) is 17.2 Å². The number of benzene rings is 2. The van der Waals surface area contributed by atoms with Crippen molar-refractivity contribution in [3.63, 3.8) is 0 Å². The van der Waals surface area contributed by atoms with Crippen molar-refractivity contribution >= 4 is 11.7 Å². The van der Waals surface area contributed by atoms with E-state index in [1.165, 1.54) is 0 Å². The lowest BCUT2D eigenvalue weighted by Crippen LogP contribution is -2.05. The largest absolute Gasteiger partial charge is 0.481 e. The fourth-order valence-corrected chi connectivity index (χ4v) is 1.78. The van der Waals surface area contributed by atoms with Crippen molar-refractivity contribution in [1.82, 2.24) is 0 Å². The van der Waals surface area contributed by atoms with Crippen molar-refractivity contribution in [2.45, 2.75) is 12.8 Å². The first-order chi connectivity index (χ1) is 9.75. The SMILES string of the molecule is O=C(O)CCCNc1ccccc1Oc1ccccc1. The Balaban J connectivity index is 1.97. The van der Waals surface area contributed by atoms with E-state index in [9.17, 15) is 4.79 Å². The average Bonchev–Trinajstić information content (AvgIpc) is 2.46. The Labute approximate surface area is 118 Å². The molecule has 0 bridgehead atoms. The molecule has 4 nitrogen and oxygen atoms in total. The van der Waals surface area contributed by atoms with Gasteiger partial charge in [-0.25, -0.2) is 0 Å². The van der Waals surface area contributed by atoms with Gasteiger partial charge in [-0.2, -0.15) is 0 Å². The van der Waals surface area contributed by atoms with Gasteiger partial charge in [0.25, 0.3) is 0 Å². The molecule has 0 amide bonds. The molecule has 2 aromatic rings. The molecule has 0 fully saturated rings. The number of hydrogen-bond acceptors (Lipinski definition) is 3. The van der Waals surface area contributed by atoms with Gasteiger partial charge in [-0.1, -0.05) is 30.3 Å². The van der Waals surface area contributed by atoms with Crippen LogP contribution >= 0.6 is 0 Å². The summed E-state index contributed by atoms with van der Waals surface area (Å²) in [4.78, 5) is 10.5. The highest BCUT2D eigenvalue weighted by Crippen LogP contribution is 2.28. The van der Waals surface area contributed by atoms with Crippen LogP contribution in [0.1, 0.15) is 12.8 Å². The molecule has 104 valence electrons. The fourth-order valence-electron chi connectivity index (χ4n) is 1.78. The summed E-state index contributed by atoms with van der Waals surface area (Å²) in [5.74, 6) is 0.724. The lowest BCUT2D eigenvalue weighted by atomic mass is 10.2. The molecule has 2 rings (SSSR count). The van der Waals surface area contributed by atoms with E-state index in [0.29, 0.717) is 13.0 Å². The van der Waals surface area contributed by atoms with Crippen LogP contribution in [-0.4, -0.2) is 17.6 Å². The standard InChI is InChI=1S/C16H17NO3/c18-16(19)11-6-12-17-14-9-4-5-10-15(14)20-13-7-2-1-3-8-13/h1-5,7-10,17H,6,11-12H2,(H,18,19). The molecule has 0 aliphatic heterocycles. The van der Waals surface area contributed by atoms with Gasteiger partial charge in [-0.15, -0.1) is 0 Å². The van der Waals surface area contributed by atoms with Crippen LogP contribution in [0.5, 0.6) is 11.5 Å². The van der Waals surface area contributed by atoms with Gasteiger partial charge in [0.2, 0.25) is 0 Å². The Morgan fingerprint density at radius 2 is 1.75 bits per heavy atom. The van der Waals surface area contributed by atoms with Gasteiger partial charge < -0.3 is 15.2 Å². The molecule has 2 N–H and O–H groups in total.